The highest BCUT2D eigenvalue weighted by molar-refractivity contribution is 7.99. The van der Waals surface area contributed by atoms with E-state index in [4.69, 9.17) is 11.6 Å². The first kappa shape index (κ1) is 26.8. The van der Waals surface area contributed by atoms with Crippen LogP contribution in [0.3, 0.4) is 0 Å². The van der Waals surface area contributed by atoms with Crippen LogP contribution in [0.25, 0.3) is 0 Å². The Morgan fingerprint density at radius 1 is 0.914 bits per heavy atom. The third-order valence-corrected chi connectivity index (χ3v) is 6.77. The second kappa shape index (κ2) is 14.0. The Balaban J connectivity index is 1.84. The first-order chi connectivity index (χ1) is 16.9. The highest BCUT2D eigenvalue weighted by Gasteiger charge is 2.30. The Morgan fingerprint density at radius 2 is 1.57 bits per heavy atom. The molecule has 0 aromatic heterocycles. The SMILES string of the molecule is CC(C)CNC(=O)C(Cc1ccccc1)N(Cc1cccc(Cl)c1)C(=O)CCSc1ccccc1. The fourth-order valence-corrected chi connectivity index (χ4v) is 4.80. The van der Waals surface area contributed by atoms with Crippen LogP contribution in [0.15, 0.2) is 89.8 Å². The molecule has 6 heteroatoms. The van der Waals surface area contributed by atoms with Crippen LogP contribution >= 0.6 is 23.4 Å². The maximum absolute atomic E-state index is 13.6. The van der Waals surface area contributed by atoms with Crippen LogP contribution < -0.4 is 5.32 Å². The van der Waals surface area contributed by atoms with E-state index in [1.54, 1.807) is 16.7 Å². The van der Waals surface area contributed by atoms with Crippen molar-refractivity contribution in [3.8, 4) is 0 Å². The predicted molar refractivity (Wildman–Crippen MR) is 146 cm³/mol. The third-order valence-electron chi connectivity index (χ3n) is 5.53. The Hall–Kier alpha value is -2.76. The summed E-state index contributed by atoms with van der Waals surface area (Å²) in [7, 11) is 0. The molecule has 3 rings (SSSR count). The van der Waals surface area contributed by atoms with Crippen LogP contribution in [0.5, 0.6) is 0 Å². The summed E-state index contributed by atoms with van der Waals surface area (Å²) in [6.07, 6.45) is 0.784. The van der Waals surface area contributed by atoms with E-state index >= 15 is 0 Å². The lowest BCUT2D eigenvalue weighted by atomic mass is 10.0. The normalized spacial score (nSPS) is 11.8. The third kappa shape index (κ3) is 9.08. The lowest BCUT2D eigenvalue weighted by Gasteiger charge is -2.32. The summed E-state index contributed by atoms with van der Waals surface area (Å²) in [6, 6.07) is 26.7. The molecule has 184 valence electrons. The molecule has 0 saturated carbocycles. The second-order valence-corrected chi connectivity index (χ2v) is 10.5. The van der Waals surface area contributed by atoms with Crippen molar-refractivity contribution < 1.29 is 9.59 Å². The Morgan fingerprint density at radius 3 is 2.23 bits per heavy atom. The molecule has 35 heavy (non-hydrogen) atoms. The molecule has 0 bridgehead atoms. The number of halogens is 1. The largest absolute Gasteiger partial charge is 0.354 e. The van der Waals surface area contributed by atoms with Crippen LogP contribution in [0.1, 0.15) is 31.4 Å². The van der Waals surface area contributed by atoms with Gasteiger partial charge < -0.3 is 10.2 Å². The molecule has 0 aliphatic carbocycles. The summed E-state index contributed by atoms with van der Waals surface area (Å²) in [5, 5.41) is 3.66. The summed E-state index contributed by atoms with van der Waals surface area (Å²) in [5.74, 6) is 0.777. The van der Waals surface area contributed by atoms with Gasteiger partial charge in [0.05, 0.1) is 0 Å². The Kier molecular flexibility index (Phi) is 10.7. The minimum Gasteiger partial charge on any atom is -0.354 e. The monoisotopic (exact) mass is 508 g/mol. The maximum atomic E-state index is 13.6. The van der Waals surface area contributed by atoms with Gasteiger partial charge in [0.2, 0.25) is 11.8 Å². The van der Waals surface area contributed by atoms with E-state index in [-0.39, 0.29) is 11.8 Å². The molecule has 1 N–H and O–H groups in total. The van der Waals surface area contributed by atoms with Crippen LogP contribution in [-0.4, -0.2) is 35.1 Å². The van der Waals surface area contributed by atoms with Crippen molar-refractivity contribution in [3.63, 3.8) is 0 Å². The number of amides is 2. The van der Waals surface area contributed by atoms with Gasteiger partial charge in [0, 0.05) is 41.6 Å². The number of hydrogen-bond donors (Lipinski definition) is 1. The molecule has 0 saturated heterocycles. The molecule has 0 aliphatic rings. The van der Waals surface area contributed by atoms with Gasteiger partial charge in [0.1, 0.15) is 6.04 Å². The summed E-state index contributed by atoms with van der Waals surface area (Å²) in [4.78, 5) is 29.9. The van der Waals surface area contributed by atoms with Gasteiger partial charge in [0.25, 0.3) is 0 Å². The van der Waals surface area contributed by atoms with Gasteiger partial charge in [-0.1, -0.05) is 86.1 Å². The van der Waals surface area contributed by atoms with Crippen LogP contribution in [0.4, 0.5) is 0 Å². The van der Waals surface area contributed by atoms with Crippen LogP contribution in [0, 0.1) is 5.92 Å². The number of nitrogens with one attached hydrogen (secondary N) is 1. The summed E-state index contributed by atoms with van der Waals surface area (Å²) >= 11 is 7.87. The first-order valence-electron chi connectivity index (χ1n) is 12.0. The number of carbonyl (C=O) groups is 2. The van der Waals surface area contributed by atoms with E-state index in [1.807, 2.05) is 84.9 Å². The van der Waals surface area contributed by atoms with Gasteiger partial charge in [-0.25, -0.2) is 0 Å². The van der Waals surface area contributed by atoms with E-state index in [0.29, 0.717) is 42.6 Å². The number of rotatable bonds is 12. The summed E-state index contributed by atoms with van der Waals surface area (Å²) < 4.78 is 0. The van der Waals surface area contributed by atoms with Crippen molar-refractivity contribution in [2.75, 3.05) is 12.3 Å². The van der Waals surface area contributed by atoms with Gasteiger partial charge in [0.15, 0.2) is 0 Å². The van der Waals surface area contributed by atoms with Crippen molar-refractivity contribution >= 4 is 35.2 Å². The summed E-state index contributed by atoms with van der Waals surface area (Å²) in [5.41, 5.74) is 1.91. The standard InChI is InChI=1S/C29H33ClN2O2S/c1-22(2)20-31-29(34)27(19-23-10-5-3-6-11-23)32(21-24-12-9-13-25(30)18-24)28(33)16-17-35-26-14-7-4-8-15-26/h3-15,18,22,27H,16-17,19-21H2,1-2H3,(H,31,34). The van der Waals surface area contributed by atoms with Gasteiger partial charge in [-0.2, -0.15) is 0 Å². The van der Waals surface area contributed by atoms with Crippen LogP contribution in [-0.2, 0) is 22.6 Å². The molecule has 0 heterocycles. The average molecular weight is 509 g/mol. The molecule has 0 spiro atoms. The molecular formula is C29H33ClN2O2S. The smallest absolute Gasteiger partial charge is 0.243 e. The van der Waals surface area contributed by atoms with Gasteiger partial charge in [-0.15, -0.1) is 11.8 Å². The maximum Gasteiger partial charge on any atom is 0.243 e. The summed E-state index contributed by atoms with van der Waals surface area (Å²) in [6.45, 7) is 5.00. The first-order valence-corrected chi connectivity index (χ1v) is 13.3. The lowest BCUT2D eigenvalue weighted by Crippen LogP contribution is -2.51. The van der Waals surface area contributed by atoms with Gasteiger partial charge >= 0.3 is 0 Å². The van der Waals surface area contributed by atoms with E-state index in [0.717, 1.165) is 16.0 Å². The highest BCUT2D eigenvalue weighted by atomic mass is 35.5. The minimum absolute atomic E-state index is 0.0472. The molecule has 0 aliphatic heterocycles. The number of carbonyl (C=O) groups excluding carboxylic acids is 2. The number of nitrogens with zero attached hydrogens (tertiary/aromatic N) is 1. The van der Waals surface area contributed by atoms with Crippen molar-refractivity contribution in [2.24, 2.45) is 5.92 Å². The minimum atomic E-state index is -0.621. The fraction of sp³-hybridized carbons (Fsp3) is 0.310. The molecule has 0 fully saturated rings. The molecule has 4 nitrogen and oxygen atoms in total. The zero-order valence-electron chi connectivity index (χ0n) is 20.3. The lowest BCUT2D eigenvalue weighted by molar-refractivity contribution is -0.141. The van der Waals surface area contributed by atoms with Crippen molar-refractivity contribution in [2.45, 2.75) is 44.2 Å². The fourth-order valence-electron chi connectivity index (χ4n) is 3.73. The molecule has 3 aromatic carbocycles. The quantitative estimate of drug-likeness (QED) is 0.295. The van der Waals surface area contributed by atoms with Gasteiger partial charge in [-0.3, -0.25) is 9.59 Å². The molecule has 1 unspecified atom stereocenters. The van der Waals surface area contributed by atoms with E-state index in [2.05, 4.69) is 19.2 Å². The van der Waals surface area contributed by atoms with Crippen molar-refractivity contribution in [3.05, 3.63) is 101 Å². The zero-order valence-corrected chi connectivity index (χ0v) is 21.9. The second-order valence-electron chi connectivity index (χ2n) is 8.91. The predicted octanol–water partition coefficient (Wildman–Crippen LogP) is 6.23. The van der Waals surface area contributed by atoms with E-state index < -0.39 is 6.04 Å². The molecular weight excluding hydrogens is 476 g/mol. The Labute approximate surface area is 218 Å². The number of benzene rings is 3. The number of thioether (sulfide) groups is 1. The molecule has 1 atom stereocenters. The Bertz CT molecular complexity index is 1080. The zero-order chi connectivity index (χ0) is 25.0. The molecule has 3 aromatic rings. The van der Waals surface area contributed by atoms with Crippen molar-refractivity contribution in [1.29, 1.82) is 0 Å². The molecule has 0 radical (unpaired) electrons. The van der Waals surface area contributed by atoms with Crippen molar-refractivity contribution in [1.82, 2.24) is 10.2 Å². The number of hydrogen-bond acceptors (Lipinski definition) is 3. The highest BCUT2D eigenvalue weighted by Crippen LogP contribution is 2.21. The van der Waals surface area contributed by atoms with E-state index in [1.165, 1.54) is 0 Å². The molecule has 2 amide bonds. The van der Waals surface area contributed by atoms with Gasteiger partial charge in [-0.05, 0) is 41.3 Å². The topological polar surface area (TPSA) is 49.4 Å². The van der Waals surface area contributed by atoms with Crippen LogP contribution in [0.2, 0.25) is 5.02 Å². The van der Waals surface area contributed by atoms with E-state index in [9.17, 15) is 9.59 Å². The average Bonchev–Trinajstić information content (AvgIpc) is 2.86.